The Morgan fingerprint density at radius 2 is 2.07 bits per heavy atom. The second kappa shape index (κ2) is 4.07. The molecule has 0 spiro atoms. The maximum absolute atomic E-state index is 9.24. The number of hydrogen-bond donors (Lipinski definition) is 1. The molecule has 0 fully saturated rings. The van der Waals surface area contributed by atoms with Crippen LogP contribution in [-0.2, 0) is 6.42 Å². The van der Waals surface area contributed by atoms with Gasteiger partial charge in [-0.15, -0.1) is 0 Å². The predicted molar refractivity (Wildman–Crippen MR) is 61.0 cm³/mol. The fourth-order valence-corrected chi connectivity index (χ4v) is 1.80. The predicted octanol–water partition coefficient (Wildman–Crippen LogP) is 3.05. The number of aliphatic hydroxyl groups is 1. The second-order valence-electron chi connectivity index (χ2n) is 4.03. The number of para-hydroxylation sites is 1. The summed E-state index contributed by atoms with van der Waals surface area (Å²) in [6.45, 7) is 3.88. The zero-order chi connectivity index (χ0) is 10.8. The van der Waals surface area contributed by atoms with E-state index in [1.54, 1.807) is 6.92 Å². The van der Waals surface area contributed by atoms with E-state index in [-0.39, 0.29) is 6.10 Å². The summed E-state index contributed by atoms with van der Waals surface area (Å²) in [6.07, 6.45) is 1.29. The van der Waals surface area contributed by atoms with Crippen molar-refractivity contribution in [1.82, 2.24) is 0 Å². The van der Waals surface area contributed by atoms with Crippen LogP contribution in [0.3, 0.4) is 0 Å². The molecule has 1 aromatic heterocycles. The van der Waals surface area contributed by atoms with E-state index in [4.69, 9.17) is 4.42 Å². The molecule has 0 saturated heterocycles. The van der Waals surface area contributed by atoms with Crippen molar-refractivity contribution in [3.8, 4) is 0 Å². The molecule has 80 valence electrons. The highest BCUT2D eigenvalue weighted by atomic mass is 16.3. The molecular formula is C13H16O2. The Bertz CT molecular complexity index is 455. The fraction of sp³-hybridized carbons (Fsp3) is 0.385. The summed E-state index contributed by atoms with van der Waals surface area (Å²) < 4.78 is 5.74. The zero-order valence-corrected chi connectivity index (χ0v) is 9.16. The third-order valence-corrected chi connectivity index (χ3v) is 2.73. The van der Waals surface area contributed by atoms with Crippen LogP contribution >= 0.6 is 0 Å². The molecule has 1 N–H and O–H groups in total. The topological polar surface area (TPSA) is 33.4 Å². The Kier molecular flexibility index (Phi) is 2.78. The summed E-state index contributed by atoms with van der Waals surface area (Å²) in [5.41, 5.74) is 2.14. The van der Waals surface area contributed by atoms with Crippen molar-refractivity contribution in [3.63, 3.8) is 0 Å². The smallest absolute Gasteiger partial charge is 0.134 e. The van der Waals surface area contributed by atoms with E-state index in [0.717, 1.165) is 24.2 Å². The van der Waals surface area contributed by atoms with Gasteiger partial charge < -0.3 is 9.52 Å². The van der Waals surface area contributed by atoms with Gasteiger partial charge in [-0.3, -0.25) is 0 Å². The molecule has 0 amide bonds. The summed E-state index contributed by atoms with van der Waals surface area (Å²) in [4.78, 5) is 0. The number of aliphatic hydroxyl groups excluding tert-OH is 1. The van der Waals surface area contributed by atoms with E-state index in [9.17, 15) is 5.11 Å². The lowest BCUT2D eigenvalue weighted by Crippen LogP contribution is -2.01. The van der Waals surface area contributed by atoms with Crippen molar-refractivity contribution in [2.45, 2.75) is 32.8 Å². The third kappa shape index (κ3) is 2.05. The molecule has 0 bridgehead atoms. The van der Waals surface area contributed by atoms with Crippen LogP contribution in [0.25, 0.3) is 11.0 Å². The monoisotopic (exact) mass is 204 g/mol. The molecule has 15 heavy (non-hydrogen) atoms. The first-order valence-corrected chi connectivity index (χ1v) is 5.33. The van der Waals surface area contributed by atoms with Gasteiger partial charge in [-0.25, -0.2) is 0 Å². The summed E-state index contributed by atoms with van der Waals surface area (Å²) in [6, 6.07) is 8.04. The molecule has 0 radical (unpaired) electrons. The van der Waals surface area contributed by atoms with Crippen molar-refractivity contribution in [2.24, 2.45) is 0 Å². The van der Waals surface area contributed by atoms with Gasteiger partial charge in [0.1, 0.15) is 11.3 Å². The first-order valence-electron chi connectivity index (χ1n) is 5.33. The van der Waals surface area contributed by atoms with Gasteiger partial charge in [0, 0.05) is 11.8 Å². The number of aryl methyl sites for hydroxylation is 2. The molecule has 1 atom stereocenters. The van der Waals surface area contributed by atoms with Gasteiger partial charge in [-0.2, -0.15) is 0 Å². The molecule has 2 nitrogen and oxygen atoms in total. The van der Waals surface area contributed by atoms with Crippen LogP contribution in [0.5, 0.6) is 0 Å². The van der Waals surface area contributed by atoms with E-state index in [1.165, 1.54) is 10.9 Å². The largest absolute Gasteiger partial charge is 0.461 e. The standard InChI is InChI=1S/C13H16O2/c1-9(14)7-8-12-10(2)11-5-3-4-6-13(11)15-12/h3-6,9,14H,7-8H2,1-2H3. The molecule has 1 unspecified atom stereocenters. The minimum absolute atomic E-state index is 0.266. The Morgan fingerprint density at radius 1 is 1.33 bits per heavy atom. The van der Waals surface area contributed by atoms with Gasteiger partial charge in [-0.1, -0.05) is 18.2 Å². The molecule has 2 aromatic rings. The highest BCUT2D eigenvalue weighted by molar-refractivity contribution is 5.81. The Balaban J connectivity index is 2.32. The number of hydrogen-bond acceptors (Lipinski definition) is 2. The summed E-state index contributed by atoms with van der Waals surface area (Å²) in [5, 5.41) is 10.4. The van der Waals surface area contributed by atoms with E-state index in [1.807, 2.05) is 18.2 Å². The highest BCUT2D eigenvalue weighted by Crippen LogP contribution is 2.25. The Morgan fingerprint density at radius 3 is 2.73 bits per heavy atom. The summed E-state index contributed by atoms with van der Waals surface area (Å²) >= 11 is 0. The lowest BCUT2D eigenvalue weighted by atomic mass is 10.1. The van der Waals surface area contributed by atoms with E-state index in [2.05, 4.69) is 13.0 Å². The highest BCUT2D eigenvalue weighted by Gasteiger charge is 2.10. The van der Waals surface area contributed by atoms with E-state index < -0.39 is 0 Å². The minimum atomic E-state index is -0.266. The number of fused-ring (bicyclic) bond motifs is 1. The van der Waals surface area contributed by atoms with E-state index in [0.29, 0.717) is 0 Å². The van der Waals surface area contributed by atoms with Crippen LogP contribution in [-0.4, -0.2) is 11.2 Å². The molecule has 2 heteroatoms. The van der Waals surface area contributed by atoms with Crippen LogP contribution in [0, 0.1) is 6.92 Å². The number of furan rings is 1. The van der Waals surface area contributed by atoms with Gasteiger partial charge in [-0.05, 0) is 31.9 Å². The van der Waals surface area contributed by atoms with Crippen molar-refractivity contribution in [3.05, 3.63) is 35.6 Å². The second-order valence-corrected chi connectivity index (χ2v) is 4.03. The van der Waals surface area contributed by atoms with Crippen molar-refractivity contribution in [1.29, 1.82) is 0 Å². The quantitative estimate of drug-likeness (QED) is 0.833. The van der Waals surface area contributed by atoms with Crippen molar-refractivity contribution in [2.75, 3.05) is 0 Å². The van der Waals surface area contributed by atoms with E-state index >= 15 is 0 Å². The number of rotatable bonds is 3. The minimum Gasteiger partial charge on any atom is -0.461 e. The molecule has 0 aliphatic carbocycles. The van der Waals surface area contributed by atoms with Crippen LogP contribution in [0.2, 0.25) is 0 Å². The molecule has 0 aliphatic rings. The van der Waals surface area contributed by atoms with Gasteiger partial charge in [0.25, 0.3) is 0 Å². The summed E-state index contributed by atoms with van der Waals surface area (Å²) in [7, 11) is 0. The maximum Gasteiger partial charge on any atom is 0.134 e. The lowest BCUT2D eigenvalue weighted by Gasteiger charge is -2.01. The fourth-order valence-electron chi connectivity index (χ4n) is 1.80. The van der Waals surface area contributed by atoms with Crippen molar-refractivity contribution < 1.29 is 9.52 Å². The first kappa shape index (κ1) is 10.2. The maximum atomic E-state index is 9.24. The molecule has 1 aromatic carbocycles. The Hall–Kier alpha value is -1.28. The molecular weight excluding hydrogens is 188 g/mol. The van der Waals surface area contributed by atoms with Gasteiger partial charge in [0.2, 0.25) is 0 Å². The zero-order valence-electron chi connectivity index (χ0n) is 9.16. The van der Waals surface area contributed by atoms with Crippen LogP contribution in [0.1, 0.15) is 24.7 Å². The van der Waals surface area contributed by atoms with Crippen LogP contribution in [0.15, 0.2) is 28.7 Å². The molecule has 0 aliphatic heterocycles. The van der Waals surface area contributed by atoms with Gasteiger partial charge in [0.05, 0.1) is 6.10 Å². The first-order chi connectivity index (χ1) is 7.18. The third-order valence-electron chi connectivity index (χ3n) is 2.73. The Labute approximate surface area is 89.5 Å². The average Bonchev–Trinajstić information content (AvgIpc) is 2.54. The molecule has 2 rings (SSSR count). The van der Waals surface area contributed by atoms with Crippen LogP contribution in [0.4, 0.5) is 0 Å². The number of benzene rings is 1. The van der Waals surface area contributed by atoms with Gasteiger partial charge in [0.15, 0.2) is 0 Å². The summed E-state index contributed by atoms with van der Waals surface area (Å²) in [5.74, 6) is 0.997. The SMILES string of the molecule is Cc1c(CCC(C)O)oc2ccccc12. The normalized spacial score (nSPS) is 13.3. The lowest BCUT2D eigenvalue weighted by molar-refractivity contribution is 0.182. The van der Waals surface area contributed by atoms with Gasteiger partial charge >= 0.3 is 0 Å². The van der Waals surface area contributed by atoms with Crippen molar-refractivity contribution >= 4 is 11.0 Å². The average molecular weight is 204 g/mol. The molecule has 1 heterocycles. The molecule has 0 saturated carbocycles. The van der Waals surface area contributed by atoms with Crippen LogP contribution < -0.4 is 0 Å².